The molecular weight excluding hydrogens is 374 g/mol. The average Bonchev–Trinajstić information content (AvgIpc) is 2.74. The minimum absolute atomic E-state index is 0.105. The Morgan fingerprint density at radius 1 is 0.567 bits per heavy atom. The number of nitrogens with zero attached hydrogens (tertiary/aromatic N) is 1. The van der Waals surface area contributed by atoms with Crippen molar-refractivity contribution < 1.29 is 14.3 Å². The highest BCUT2D eigenvalue weighted by Crippen LogP contribution is 2.10. The Kier molecular flexibility index (Phi) is 21.8. The molecule has 0 bridgehead atoms. The summed E-state index contributed by atoms with van der Waals surface area (Å²) in [6.07, 6.45) is 19.3. The Bertz CT molecular complexity index is 386. The van der Waals surface area contributed by atoms with Gasteiger partial charge in [0.15, 0.2) is 0 Å². The van der Waals surface area contributed by atoms with Crippen molar-refractivity contribution in [2.45, 2.75) is 136 Å². The van der Waals surface area contributed by atoms with E-state index in [0.717, 1.165) is 51.6 Å². The fourth-order valence-electron chi connectivity index (χ4n) is 3.66. The molecule has 0 aliphatic carbocycles. The quantitative estimate of drug-likeness (QED) is 0.134. The van der Waals surface area contributed by atoms with Gasteiger partial charge in [-0.25, -0.2) is 0 Å². The van der Waals surface area contributed by atoms with Crippen molar-refractivity contribution in [1.82, 2.24) is 4.90 Å². The van der Waals surface area contributed by atoms with Crippen molar-refractivity contribution in [1.29, 1.82) is 0 Å². The zero-order valence-corrected chi connectivity index (χ0v) is 20.5. The number of unbranched alkanes of at least 4 members (excludes halogenated alkanes) is 12. The molecule has 0 saturated carbocycles. The lowest BCUT2D eigenvalue weighted by Gasteiger charge is -2.23. The standard InChI is InChI=1S/C26H51NO3/c1-4-7-10-13-14-19-24-30-26(29)21-16-15-20-25(28)27(22-17-11-8-5-2)23-18-12-9-6-3/h4-24H2,1-3H3. The van der Waals surface area contributed by atoms with Crippen LogP contribution < -0.4 is 0 Å². The molecule has 178 valence electrons. The maximum absolute atomic E-state index is 12.6. The number of carbonyl (C=O) groups excluding carboxylic acids is 2. The highest BCUT2D eigenvalue weighted by atomic mass is 16.5. The molecule has 0 heterocycles. The molecule has 0 aromatic carbocycles. The monoisotopic (exact) mass is 425 g/mol. The summed E-state index contributed by atoms with van der Waals surface area (Å²) in [6, 6.07) is 0. The van der Waals surface area contributed by atoms with E-state index >= 15 is 0 Å². The van der Waals surface area contributed by atoms with Gasteiger partial charge < -0.3 is 9.64 Å². The van der Waals surface area contributed by atoms with Crippen molar-refractivity contribution in [2.75, 3.05) is 19.7 Å². The van der Waals surface area contributed by atoms with Gasteiger partial charge in [-0.05, 0) is 32.1 Å². The molecular formula is C26H51NO3. The molecule has 0 aliphatic rings. The van der Waals surface area contributed by atoms with Gasteiger partial charge in [-0.15, -0.1) is 0 Å². The smallest absolute Gasteiger partial charge is 0.305 e. The molecule has 0 spiro atoms. The van der Waals surface area contributed by atoms with Crippen LogP contribution in [0.4, 0.5) is 0 Å². The minimum atomic E-state index is -0.105. The Labute approximate surface area is 187 Å². The molecule has 4 heteroatoms. The molecule has 0 radical (unpaired) electrons. The zero-order valence-electron chi connectivity index (χ0n) is 20.5. The number of esters is 1. The first-order valence-electron chi connectivity index (χ1n) is 13.1. The van der Waals surface area contributed by atoms with E-state index in [-0.39, 0.29) is 11.9 Å². The lowest BCUT2D eigenvalue weighted by atomic mass is 10.1. The second kappa shape index (κ2) is 22.6. The van der Waals surface area contributed by atoms with Gasteiger partial charge in [-0.3, -0.25) is 9.59 Å². The molecule has 0 aromatic heterocycles. The number of hydrogen-bond acceptors (Lipinski definition) is 3. The van der Waals surface area contributed by atoms with Crippen LogP contribution in [0, 0.1) is 0 Å². The van der Waals surface area contributed by atoms with Crippen molar-refractivity contribution in [2.24, 2.45) is 0 Å². The van der Waals surface area contributed by atoms with Gasteiger partial charge in [0.1, 0.15) is 0 Å². The summed E-state index contributed by atoms with van der Waals surface area (Å²) in [5.74, 6) is 0.162. The molecule has 1 amide bonds. The average molecular weight is 426 g/mol. The largest absolute Gasteiger partial charge is 0.466 e. The SMILES string of the molecule is CCCCCCCCOC(=O)CCCCC(=O)N(CCCCCC)CCCCCC. The van der Waals surface area contributed by atoms with Gasteiger partial charge in [-0.2, -0.15) is 0 Å². The maximum Gasteiger partial charge on any atom is 0.305 e. The van der Waals surface area contributed by atoms with Crippen molar-refractivity contribution >= 4 is 11.9 Å². The van der Waals surface area contributed by atoms with Crippen LogP contribution in [0.2, 0.25) is 0 Å². The van der Waals surface area contributed by atoms with Gasteiger partial charge in [0.05, 0.1) is 6.61 Å². The minimum Gasteiger partial charge on any atom is -0.466 e. The first kappa shape index (κ1) is 28.9. The van der Waals surface area contributed by atoms with Crippen molar-refractivity contribution in [3.8, 4) is 0 Å². The summed E-state index contributed by atoms with van der Waals surface area (Å²) in [5, 5.41) is 0. The van der Waals surface area contributed by atoms with Crippen LogP contribution in [-0.2, 0) is 14.3 Å². The molecule has 0 atom stereocenters. The fraction of sp³-hybridized carbons (Fsp3) is 0.923. The summed E-state index contributed by atoms with van der Waals surface area (Å²) in [6.45, 7) is 8.98. The maximum atomic E-state index is 12.6. The lowest BCUT2D eigenvalue weighted by Crippen LogP contribution is -2.32. The summed E-state index contributed by atoms with van der Waals surface area (Å²) in [5.41, 5.74) is 0. The van der Waals surface area contributed by atoms with E-state index in [9.17, 15) is 9.59 Å². The van der Waals surface area contributed by atoms with Crippen LogP contribution in [0.5, 0.6) is 0 Å². The zero-order chi connectivity index (χ0) is 22.3. The number of amides is 1. The van der Waals surface area contributed by atoms with Crippen LogP contribution in [0.3, 0.4) is 0 Å². The number of rotatable bonds is 22. The van der Waals surface area contributed by atoms with Crippen LogP contribution in [0.15, 0.2) is 0 Å². The van der Waals surface area contributed by atoms with Crippen molar-refractivity contribution in [3.05, 3.63) is 0 Å². The molecule has 0 unspecified atom stereocenters. The predicted octanol–water partition coefficient (Wildman–Crippen LogP) is 7.44. The Hall–Kier alpha value is -1.06. The Balaban J connectivity index is 3.91. The second-order valence-electron chi connectivity index (χ2n) is 8.70. The fourth-order valence-corrected chi connectivity index (χ4v) is 3.66. The first-order chi connectivity index (χ1) is 14.7. The number of ether oxygens (including phenoxy) is 1. The van der Waals surface area contributed by atoms with Crippen LogP contribution in [0.1, 0.15) is 136 Å². The van der Waals surface area contributed by atoms with E-state index in [1.165, 1.54) is 64.2 Å². The Morgan fingerprint density at radius 3 is 1.60 bits per heavy atom. The molecule has 4 nitrogen and oxygen atoms in total. The number of carbonyl (C=O) groups is 2. The molecule has 0 fully saturated rings. The highest BCUT2D eigenvalue weighted by molar-refractivity contribution is 5.76. The van der Waals surface area contributed by atoms with Gasteiger partial charge in [0.25, 0.3) is 0 Å². The van der Waals surface area contributed by atoms with Crippen LogP contribution in [-0.4, -0.2) is 36.5 Å². The van der Waals surface area contributed by atoms with Gasteiger partial charge >= 0.3 is 5.97 Å². The predicted molar refractivity (Wildman–Crippen MR) is 128 cm³/mol. The first-order valence-corrected chi connectivity index (χ1v) is 13.1. The Morgan fingerprint density at radius 2 is 1.03 bits per heavy atom. The highest BCUT2D eigenvalue weighted by Gasteiger charge is 2.13. The van der Waals surface area contributed by atoms with Crippen LogP contribution in [0.25, 0.3) is 0 Å². The topological polar surface area (TPSA) is 46.6 Å². The third-order valence-corrected chi connectivity index (χ3v) is 5.70. The van der Waals surface area contributed by atoms with E-state index in [2.05, 4.69) is 25.7 Å². The van der Waals surface area contributed by atoms with Crippen LogP contribution >= 0.6 is 0 Å². The van der Waals surface area contributed by atoms with E-state index in [4.69, 9.17) is 4.74 Å². The molecule has 0 N–H and O–H groups in total. The van der Waals surface area contributed by atoms with Gasteiger partial charge in [-0.1, -0.05) is 91.4 Å². The third kappa shape index (κ3) is 18.9. The van der Waals surface area contributed by atoms with Gasteiger partial charge in [0, 0.05) is 25.9 Å². The summed E-state index contributed by atoms with van der Waals surface area (Å²) in [4.78, 5) is 26.6. The lowest BCUT2D eigenvalue weighted by molar-refractivity contribution is -0.144. The summed E-state index contributed by atoms with van der Waals surface area (Å²) >= 11 is 0. The van der Waals surface area contributed by atoms with Gasteiger partial charge in [0.2, 0.25) is 5.91 Å². The third-order valence-electron chi connectivity index (χ3n) is 5.70. The molecule has 30 heavy (non-hydrogen) atoms. The van der Waals surface area contributed by atoms with E-state index in [1.807, 2.05) is 0 Å². The second-order valence-corrected chi connectivity index (χ2v) is 8.70. The summed E-state index contributed by atoms with van der Waals surface area (Å²) in [7, 11) is 0. The van der Waals surface area contributed by atoms with Crippen molar-refractivity contribution in [3.63, 3.8) is 0 Å². The molecule has 0 aromatic rings. The molecule has 0 rings (SSSR count). The molecule has 0 aliphatic heterocycles. The van der Waals surface area contributed by atoms with E-state index in [0.29, 0.717) is 19.4 Å². The van der Waals surface area contributed by atoms with E-state index in [1.54, 1.807) is 0 Å². The molecule has 0 saturated heterocycles. The summed E-state index contributed by atoms with van der Waals surface area (Å²) < 4.78 is 5.32. The number of hydrogen-bond donors (Lipinski definition) is 0. The normalized spacial score (nSPS) is 10.9. The van der Waals surface area contributed by atoms with E-state index < -0.39 is 0 Å².